The molecule has 12 atom stereocenters. The van der Waals surface area contributed by atoms with Gasteiger partial charge in [-0.2, -0.15) is 0 Å². The summed E-state index contributed by atoms with van der Waals surface area (Å²) >= 11 is 0. The first-order valence-corrected chi connectivity index (χ1v) is 14.3. The maximum atomic E-state index is 13.4. The molecule has 0 aromatic heterocycles. The molecular weight excluding hydrogens is 424 g/mol. The van der Waals surface area contributed by atoms with E-state index in [1.165, 1.54) is 19.3 Å². The topological polar surface area (TPSA) is 66.8 Å². The minimum Gasteiger partial charge on any atom is -0.459 e. The summed E-state index contributed by atoms with van der Waals surface area (Å²) in [4.78, 5) is 13.4. The molecule has 4 nitrogen and oxygen atoms in total. The highest BCUT2D eigenvalue weighted by molar-refractivity contribution is 5.80. The molecule has 2 saturated heterocycles. The Morgan fingerprint density at radius 1 is 0.824 bits per heavy atom. The third kappa shape index (κ3) is 2.42. The Kier molecular flexibility index (Phi) is 4.63. The number of aliphatic hydroxyl groups excluding tert-OH is 2. The second-order valence-electron chi connectivity index (χ2n) is 15.4. The molecule has 7 rings (SSSR count). The predicted molar refractivity (Wildman–Crippen MR) is 132 cm³/mol. The summed E-state index contributed by atoms with van der Waals surface area (Å²) in [5.41, 5.74) is -0.372. The number of carbonyl (C=O) groups is 1. The molecule has 5 aliphatic carbocycles. The number of esters is 1. The smallest absolute Gasteiger partial charge is 0.312 e. The quantitative estimate of drug-likeness (QED) is 0.442. The van der Waals surface area contributed by atoms with Crippen molar-refractivity contribution in [3.63, 3.8) is 0 Å². The van der Waals surface area contributed by atoms with Gasteiger partial charge >= 0.3 is 5.97 Å². The minimum atomic E-state index is -0.637. The van der Waals surface area contributed by atoms with Crippen LogP contribution in [0.1, 0.15) is 106 Å². The Bertz CT molecular complexity index is 913. The van der Waals surface area contributed by atoms with Crippen molar-refractivity contribution in [1.82, 2.24) is 0 Å². The van der Waals surface area contributed by atoms with Gasteiger partial charge in [-0.05, 0) is 116 Å². The highest BCUT2D eigenvalue weighted by Gasteiger charge is 2.74. The number of hydrogen-bond donors (Lipinski definition) is 2. The Morgan fingerprint density at radius 3 is 2.18 bits per heavy atom. The third-order valence-electron chi connectivity index (χ3n) is 14.3. The second-order valence-corrected chi connectivity index (χ2v) is 15.4. The number of hydrogen-bond acceptors (Lipinski definition) is 4. The predicted octanol–water partition coefficient (Wildman–Crippen LogP) is 5.74. The Hall–Kier alpha value is -0.610. The summed E-state index contributed by atoms with van der Waals surface area (Å²) in [6.45, 7) is 16.6. The highest BCUT2D eigenvalue weighted by Crippen LogP contribution is 2.78. The zero-order chi connectivity index (χ0) is 24.7. The first kappa shape index (κ1) is 23.8. The molecule has 2 aliphatic heterocycles. The average molecular weight is 473 g/mol. The van der Waals surface area contributed by atoms with Crippen LogP contribution in [0.25, 0.3) is 0 Å². The zero-order valence-electron chi connectivity index (χ0n) is 22.6. The van der Waals surface area contributed by atoms with Crippen molar-refractivity contribution in [2.75, 3.05) is 0 Å². The lowest BCUT2D eigenvalue weighted by atomic mass is 9.30. The standard InChI is InChI=1S/C30H48O4/c1-17-22-18-8-9-21-26(4)16-19(31)23(32)25(2,3)20(26)10-11-28(21,6)27(18,5)12-14-30(22)15-13-29(17,7)34-24(30)33/h17-23,31-32H,8-16H2,1-7H3/t17-,18+,19+,20-,21+,22+,23-,26-,27+,28+,29-,30+/m0/s1. The number of ether oxygens (including phenoxy) is 1. The maximum absolute atomic E-state index is 13.4. The number of rotatable bonds is 0. The summed E-state index contributed by atoms with van der Waals surface area (Å²) in [7, 11) is 0. The lowest BCUT2D eigenvalue weighted by Crippen LogP contribution is -2.72. The fourth-order valence-corrected chi connectivity index (χ4v) is 12.2. The van der Waals surface area contributed by atoms with Crippen molar-refractivity contribution in [2.24, 2.45) is 56.7 Å². The molecule has 1 spiro atoms. The monoisotopic (exact) mass is 472 g/mol. The first-order chi connectivity index (χ1) is 15.7. The molecular formula is C30H48O4. The highest BCUT2D eigenvalue weighted by atomic mass is 16.6. The molecule has 7 fully saturated rings. The molecule has 4 heteroatoms. The normalized spacial score (nSPS) is 62.0. The number of aliphatic hydroxyl groups is 2. The Labute approximate surface area is 206 Å². The fraction of sp³-hybridized carbons (Fsp3) is 0.967. The third-order valence-corrected chi connectivity index (χ3v) is 14.3. The van der Waals surface area contributed by atoms with E-state index in [9.17, 15) is 15.0 Å². The molecule has 0 aromatic rings. The van der Waals surface area contributed by atoms with Gasteiger partial charge in [0.2, 0.25) is 0 Å². The van der Waals surface area contributed by atoms with Crippen molar-refractivity contribution >= 4 is 5.97 Å². The van der Waals surface area contributed by atoms with Crippen LogP contribution in [0.15, 0.2) is 0 Å². The van der Waals surface area contributed by atoms with Crippen molar-refractivity contribution < 1.29 is 19.7 Å². The number of carbonyl (C=O) groups excluding carboxylic acids is 1. The zero-order valence-corrected chi connectivity index (χ0v) is 22.6. The maximum Gasteiger partial charge on any atom is 0.312 e. The molecule has 34 heavy (non-hydrogen) atoms. The van der Waals surface area contributed by atoms with Crippen LogP contribution in [0.4, 0.5) is 0 Å². The van der Waals surface area contributed by atoms with E-state index in [1.807, 2.05) is 0 Å². The molecule has 192 valence electrons. The van der Waals surface area contributed by atoms with E-state index in [0.29, 0.717) is 29.6 Å². The van der Waals surface area contributed by atoms with Gasteiger partial charge in [0.05, 0.1) is 17.6 Å². The van der Waals surface area contributed by atoms with Gasteiger partial charge in [-0.25, -0.2) is 0 Å². The van der Waals surface area contributed by atoms with E-state index in [4.69, 9.17) is 4.74 Å². The second kappa shape index (κ2) is 6.63. The summed E-state index contributed by atoms with van der Waals surface area (Å²) in [6, 6.07) is 0. The first-order valence-electron chi connectivity index (χ1n) is 14.3. The molecule has 7 aliphatic rings. The summed E-state index contributed by atoms with van der Waals surface area (Å²) in [5, 5.41) is 21.9. The van der Waals surface area contributed by atoms with Crippen LogP contribution in [-0.2, 0) is 9.53 Å². The van der Waals surface area contributed by atoms with Gasteiger partial charge in [0.25, 0.3) is 0 Å². The van der Waals surface area contributed by atoms with Gasteiger partial charge in [0, 0.05) is 0 Å². The van der Waals surface area contributed by atoms with Gasteiger partial charge in [-0.1, -0.05) is 41.5 Å². The van der Waals surface area contributed by atoms with Crippen LogP contribution in [0, 0.1) is 56.7 Å². The Morgan fingerprint density at radius 2 is 1.50 bits per heavy atom. The number of fused-ring (bicyclic) bond motifs is 7. The molecule has 0 radical (unpaired) electrons. The van der Waals surface area contributed by atoms with E-state index in [0.717, 1.165) is 38.5 Å². The summed E-state index contributed by atoms with van der Waals surface area (Å²) in [5.74, 6) is 2.52. The van der Waals surface area contributed by atoms with E-state index < -0.39 is 12.2 Å². The van der Waals surface area contributed by atoms with Crippen LogP contribution in [0.3, 0.4) is 0 Å². The van der Waals surface area contributed by atoms with E-state index in [1.54, 1.807) is 0 Å². The van der Waals surface area contributed by atoms with Gasteiger partial charge in [-0.15, -0.1) is 0 Å². The summed E-state index contributed by atoms with van der Waals surface area (Å²) in [6.07, 6.45) is 8.30. The van der Waals surface area contributed by atoms with Gasteiger partial charge in [0.15, 0.2) is 0 Å². The molecule has 5 saturated carbocycles. The van der Waals surface area contributed by atoms with Crippen LogP contribution in [0.5, 0.6) is 0 Å². The van der Waals surface area contributed by atoms with Crippen LogP contribution < -0.4 is 0 Å². The Balaban J connectivity index is 1.41. The lowest BCUT2D eigenvalue weighted by molar-refractivity contribution is -0.294. The van der Waals surface area contributed by atoms with E-state index in [2.05, 4.69) is 48.5 Å². The van der Waals surface area contributed by atoms with Crippen molar-refractivity contribution in [1.29, 1.82) is 0 Å². The van der Waals surface area contributed by atoms with Crippen molar-refractivity contribution in [2.45, 2.75) is 124 Å². The average Bonchev–Trinajstić information content (AvgIpc) is 2.74. The van der Waals surface area contributed by atoms with E-state index >= 15 is 0 Å². The van der Waals surface area contributed by atoms with Crippen LogP contribution in [-0.4, -0.2) is 34.0 Å². The van der Waals surface area contributed by atoms with Crippen LogP contribution in [0.2, 0.25) is 0 Å². The largest absolute Gasteiger partial charge is 0.459 e. The molecule has 2 heterocycles. The molecule has 0 aromatic carbocycles. The fourth-order valence-electron chi connectivity index (χ4n) is 12.2. The van der Waals surface area contributed by atoms with Crippen molar-refractivity contribution in [3.05, 3.63) is 0 Å². The van der Waals surface area contributed by atoms with Crippen molar-refractivity contribution in [3.8, 4) is 0 Å². The minimum absolute atomic E-state index is 0.0420. The molecule has 0 amide bonds. The van der Waals surface area contributed by atoms with Gasteiger partial charge in [0.1, 0.15) is 5.60 Å². The molecule has 0 unspecified atom stereocenters. The SMILES string of the molecule is C[C@H]1[C@@H]2[C@H]3CC[C@@H]4[C@@]5(C)C[C@@H](O)[C@H](O)C(C)(C)[C@@H]5CC[C@@]4(C)[C@]3(C)CC[C@@]23CC[C@]1(C)OC3=O. The van der Waals surface area contributed by atoms with E-state index in [-0.39, 0.29) is 38.6 Å². The molecule has 2 N–H and O–H groups in total. The van der Waals surface area contributed by atoms with Gasteiger partial charge in [-0.3, -0.25) is 4.79 Å². The van der Waals surface area contributed by atoms with Gasteiger partial charge < -0.3 is 14.9 Å². The lowest BCUT2D eigenvalue weighted by Gasteiger charge is -2.75. The molecule has 2 bridgehead atoms. The summed E-state index contributed by atoms with van der Waals surface area (Å²) < 4.78 is 6.13. The van der Waals surface area contributed by atoms with Crippen LogP contribution >= 0.6 is 0 Å².